The Morgan fingerprint density at radius 1 is 0.966 bits per heavy atom. The highest BCUT2D eigenvalue weighted by atomic mass is 16.5. The molecule has 0 bridgehead atoms. The third-order valence-electron chi connectivity index (χ3n) is 4.04. The Hall–Kier alpha value is -3.72. The summed E-state index contributed by atoms with van der Waals surface area (Å²) in [6.07, 6.45) is 0. The molecule has 2 aromatic carbocycles. The fraction of sp³-hybridized carbons (Fsp3) is 0.200. The summed E-state index contributed by atoms with van der Waals surface area (Å²) >= 11 is 0. The molecule has 3 rings (SSSR count). The van der Waals surface area contributed by atoms with Gasteiger partial charge in [-0.3, -0.25) is 9.59 Å². The molecule has 0 radical (unpaired) electrons. The van der Waals surface area contributed by atoms with Gasteiger partial charge in [-0.2, -0.15) is 0 Å². The van der Waals surface area contributed by atoms with Gasteiger partial charge < -0.3 is 20.1 Å². The van der Waals surface area contributed by atoms with Crippen LogP contribution in [-0.4, -0.2) is 41.0 Å². The van der Waals surface area contributed by atoms with Crippen LogP contribution in [0.1, 0.15) is 23.1 Å². The van der Waals surface area contributed by atoms with Crippen molar-refractivity contribution in [3.63, 3.8) is 0 Å². The summed E-state index contributed by atoms with van der Waals surface area (Å²) in [6.45, 7) is 1.59. The van der Waals surface area contributed by atoms with Gasteiger partial charge in [0.15, 0.2) is 5.69 Å². The molecule has 0 aliphatic carbocycles. The van der Waals surface area contributed by atoms with Crippen molar-refractivity contribution < 1.29 is 19.1 Å². The molecule has 1 heterocycles. The Labute approximate surface area is 167 Å². The molecule has 0 atom stereocenters. The van der Waals surface area contributed by atoms with E-state index in [0.717, 1.165) is 5.69 Å². The number of rotatable bonds is 7. The number of amides is 2. The Bertz CT molecular complexity index is 997. The lowest BCUT2D eigenvalue weighted by atomic mass is 10.2. The van der Waals surface area contributed by atoms with Gasteiger partial charge in [-0.15, -0.1) is 5.10 Å². The third-order valence-corrected chi connectivity index (χ3v) is 4.04. The quantitative estimate of drug-likeness (QED) is 0.637. The summed E-state index contributed by atoms with van der Waals surface area (Å²) in [5, 5.41) is 13.6. The smallest absolute Gasteiger partial charge is 0.278 e. The predicted octanol–water partition coefficient (Wildman–Crippen LogP) is 2.63. The lowest BCUT2D eigenvalue weighted by Gasteiger charge is -2.09. The van der Waals surface area contributed by atoms with Gasteiger partial charge in [0, 0.05) is 25.4 Å². The zero-order chi connectivity index (χ0) is 20.8. The van der Waals surface area contributed by atoms with E-state index in [1.807, 2.05) is 12.1 Å². The Morgan fingerprint density at radius 2 is 1.59 bits per heavy atom. The minimum absolute atomic E-state index is 0.156. The number of carbonyl (C=O) groups is 2. The summed E-state index contributed by atoms with van der Waals surface area (Å²) in [5.41, 5.74) is 2.61. The first-order valence-electron chi connectivity index (χ1n) is 8.78. The summed E-state index contributed by atoms with van der Waals surface area (Å²) in [7, 11) is 3.12. The summed E-state index contributed by atoms with van der Waals surface area (Å²) < 4.78 is 12.0. The molecule has 29 heavy (non-hydrogen) atoms. The highest BCUT2D eigenvalue weighted by Crippen LogP contribution is 2.19. The molecule has 0 saturated carbocycles. The molecule has 0 unspecified atom stereocenters. The second-order valence-electron chi connectivity index (χ2n) is 6.14. The average molecular weight is 395 g/mol. The molecule has 9 nitrogen and oxygen atoms in total. The molecule has 0 fully saturated rings. The molecular formula is C20H21N5O4. The average Bonchev–Trinajstić information content (AvgIpc) is 3.13. The van der Waals surface area contributed by atoms with Crippen molar-refractivity contribution in [1.29, 1.82) is 0 Å². The fourth-order valence-electron chi connectivity index (χ4n) is 2.71. The maximum Gasteiger partial charge on any atom is 0.278 e. The van der Waals surface area contributed by atoms with Crippen LogP contribution in [0.5, 0.6) is 5.75 Å². The van der Waals surface area contributed by atoms with Gasteiger partial charge in [-0.1, -0.05) is 5.21 Å². The number of anilines is 2. The first-order valence-corrected chi connectivity index (χ1v) is 8.78. The van der Waals surface area contributed by atoms with Crippen LogP contribution in [0, 0.1) is 0 Å². The lowest BCUT2D eigenvalue weighted by molar-refractivity contribution is -0.114. The van der Waals surface area contributed by atoms with Crippen LogP contribution in [-0.2, 0) is 16.1 Å². The van der Waals surface area contributed by atoms with Gasteiger partial charge in [0.25, 0.3) is 5.91 Å². The van der Waals surface area contributed by atoms with E-state index in [9.17, 15) is 9.59 Å². The zero-order valence-corrected chi connectivity index (χ0v) is 16.3. The summed E-state index contributed by atoms with van der Waals surface area (Å²) in [6, 6.07) is 14.0. The van der Waals surface area contributed by atoms with E-state index in [2.05, 4.69) is 20.9 Å². The number of hydrogen-bond acceptors (Lipinski definition) is 6. The van der Waals surface area contributed by atoms with Crippen LogP contribution in [0.3, 0.4) is 0 Å². The van der Waals surface area contributed by atoms with Crippen molar-refractivity contribution >= 4 is 23.2 Å². The highest BCUT2D eigenvalue weighted by molar-refractivity contribution is 6.03. The van der Waals surface area contributed by atoms with Crippen LogP contribution in [0.2, 0.25) is 0 Å². The molecule has 0 saturated heterocycles. The van der Waals surface area contributed by atoms with E-state index >= 15 is 0 Å². The summed E-state index contributed by atoms with van der Waals surface area (Å²) in [4.78, 5) is 23.8. The van der Waals surface area contributed by atoms with Crippen molar-refractivity contribution in [2.45, 2.75) is 13.5 Å². The van der Waals surface area contributed by atoms with E-state index < -0.39 is 5.91 Å². The number of nitrogens with zero attached hydrogens (tertiary/aromatic N) is 3. The molecule has 0 spiro atoms. The van der Waals surface area contributed by atoms with Crippen LogP contribution in [0.15, 0.2) is 48.5 Å². The number of carbonyl (C=O) groups excluding carboxylic acids is 2. The van der Waals surface area contributed by atoms with E-state index in [1.54, 1.807) is 48.2 Å². The molecule has 0 aliphatic heterocycles. The maximum absolute atomic E-state index is 12.7. The Balaban J connectivity index is 1.82. The maximum atomic E-state index is 12.7. The zero-order valence-electron chi connectivity index (χ0n) is 16.3. The highest BCUT2D eigenvalue weighted by Gasteiger charge is 2.21. The minimum Gasteiger partial charge on any atom is -0.497 e. The van der Waals surface area contributed by atoms with E-state index in [4.69, 9.17) is 9.47 Å². The minimum atomic E-state index is -0.413. The van der Waals surface area contributed by atoms with Crippen molar-refractivity contribution in [2.24, 2.45) is 0 Å². The van der Waals surface area contributed by atoms with Gasteiger partial charge in [-0.05, 0) is 48.5 Å². The number of aromatic nitrogens is 3. The number of nitrogens with one attached hydrogen (secondary N) is 2. The molecule has 150 valence electrons. The molecule has 2 N–H and O–H groups in total. The normalized spacial score (nSPS) is 10.4. The molecule has 9 heteroatoms. The SMILES string of the molecule is COCc1c(C(=O)Nc2ccc(NC(C)=O)cc2)nnn1-c1ccc(OC)cc1. The first-order chi connectivity index (χ1) is 14.0. The Morgan fingerprint density at radius 3 is 2.14 bits per heavy atom. The van der Waals surface area contributed by atoms with Gasteiger partial charge in [0.05, 0.1) is 19.4 Å². The van der Waals surface area contributed by atoms with Crippen LogP contribution in [0.4, 0.5) is 11.4 Å². The predicted molar refractivity (Wildman–Crippen MR) is 107 cm³/mol. The van der Waals surface area contributed by atoms with Crippen LogP contribution < -0.4 is 15.4 Å². The molecule has 2 amide bonds. The van der Waals surface area contributed by atoms with Gasteiger partial charge in [0.2, 0.25) is 5.91 Å². The van der Waals surface area contributed by atoms with Gasteiger partial charge in [0.1, 0.15) is 11.4 Å². The van der Waals surface area contributed by atoms with E-state index in [0.29, 0.717) is 22.8 Å². The topological polar surface area (TPSA) is 107 Å². The molecule has 1 aromatic heterocycles. The van der Waals surface area contributed by atoms with E-state index in [-0.39, 0.29) is 18.2 Å². The second kappa shape index (κ2) is 8.98. The number of ether oxygens (including phenoxy) is 2. The van der Waals surface area contributed by atoms with Crippen LogP contribution in [0.25, 0.3) is 5.69 Å². The van der Waals surface area contributed by atoms with Crippen molar-refractivity contribution in [1.82, 2.24) is 15.0 Å². The fourth-order valence-corrected chi connectivity index (χ4v) is 2.71. The number of benzene rings is 2. The van der Waals surface area contributed by atoms with E-state index in [1.165, 1.54) is 14.0 Å². The van der Waals surface area contributed by atoms with Gasteiger partial charge in [-0.25, -0.2) is 4.68 Å². The monoisotopic (exact) mass is 395 g/mol. The van der Waals surface area contributed by atoms with Crippen molar-refractivity contribution in [2.75, 3.05) is 24.9 Å². The largest absolute Gasteiger partial charge is 0.497 e. The van der Waals surface area contributed by atoms with Gasteiger partial charge >= 0.3 is 0 Å². The van der Waals surface area contributed by atoms with Crippen LogP contribution >= 0.6 is 0 Å². The standard InChI is InChI=1S/C20H21N5O4/c1-13(26)21-14-4-6-15(7-5-14)22-20(27)19-18(12-28-2)25(24-23-19)16-8-10-17(29-3)11-9-16/h4-11H,12H2,1-3H3,(H,21,26)(H,22,27). The number of methoxy groups -OCH3 is 2. The second-order valence-corrected chi connectivity index (χ2v) is 6.14. The first kappa shape index (κ1) is 20.0. The summed E-state index contributed by atoms with van der Waals surface area (Å²) in [5.74, 6) is 0.132. The molecule has 3 aromatic rings. The van der Waals surface area contributed by atoms with Crippen molar-refractivity contribution in [3.8, 4) is 11.4 Å². The number of hydrogen-bond donors (Lipinski definition) is 2. The lowest BCUT2D eigenvalue weighted by Crippen LogP contribution is -2.16. The molecular weight excluding hydrogens is 374 g/mol. The third kappa shape index (κ3) is 4.77. The van der Waals surface area contributed by atoms with Crippen molar-refractivity contribution in [3.05, 3.63) is 59.9 Å². The Kier molecular flexibility index (Phi) is 6.20. The molecule has 0 aliphatic rings.